The van der Waals surface area contributed by atoms with Crippen LogP contribution in [0.1, 0.15) is 5.56 Å². The van der Waals surface area contributed by atoms with Gasteiger partial charge in [0.1, 0.15) is 0 Å². The summed E-state index contributed by atoms with van der Waals surface area (Å²) in [6.07, 6.45) is 1.85. The number of hydrogen-bond acceptors (Lipinski definition) is 3. The molecule has 0 atom stereocenters. The fourth-order valence-corrected chi connectivity index (χ4v) is 3.38. The number of benzene rings is 2. The second-order valence-corrected chi connectivity index (χ2v) is 5.69. The standard InChI is InChI=1S/C16H13N3S/c1-2-4-16-14(3-1)12(10-20-16)8-17-13-5-6-15-11(7-13)9-18-19-15/h1-7,9-10,17H,8H2,(H,18,19). The van der Waals surface area contributed by atoms with E-state index in [1.807, 2.05) is 6.20 Å². The Morgan fingerprint density at radius 3 is 3.10 bits per heavy atom. The van der Waals surface area contributed by atoms with Crippen molar-refractivity contribution >= 4 is 38.0 Å². The van der Waals surface area contributed by atoms with Gasteiger partial charge in [-0.1, -0.05) is 18.2 Å². The topological polar surface area (TPSA) is 40.7 Å². The van der Waals surface area contributed by atoms with E-state index in [1.54, 1.807) is 11.3 Å². The van der Waals surface area contributed by atoms with Gasteiger partial charge in [0.05, 0.1) is 11.7 Å². The molecule has 4 heteroatoms. The summed E-state index contributed by atoms with van der Waals surface area (Å²) in [5.74, 6) is 0. The molecule has 20 heavy (non-hydrogen) atoms. The fourth-order valence-electron chi connectivity index (χ4n) is 2.42. The monoisotopic (exact) mass is 279 g/mol. The summed E-state index contributed by atoms with van der Waals surface area (Å²) in [5, 5.41) is 15.2. The van der Waals surface area contributed by atoms with E-state index in [-0.39, 0.29) is 0 Å². The van der Waals surface area contributed by atoms with Gasteiger partial charge in [-0.3, -0.25) is 5.10 Å². The van der Waals surface area contributed by atoms with Crippen molar-refractivity contribution in [3.63, 3.8) is 0 Å². The van der Waals surface area contributed by atoms with Crippen LogP contribution < -0.4 is 5.32 Å². The van der Waals surface area contributed by atoms with Crippen LogP contribution >= 0.6 is 11.3 Å². The number of anilines is 1. The molecule has 2 N–H and O–H groups in total. The molecular formula is C16H13N3S. The molecular weight excluding hydrogens is 266 g/mol. The van der Waals surface area contributed by atoms with Crippen LogP contribution in [0.3, 0.4) is 0 Å². The molecule has 0 spiro atoms. The second-order valence-electron chi connectivity index (χ2n) is 4.78. The third kappa shape index (κ3) is 1.94. The van der Waals surface area contributed by atoms with Crippen molar-refractivity contribution in [2.75, 3.05) is 5.32 Å². The van der Waals surface area contributed by atoms with E-state index in [9.17, 15) is 0 Å². The van der Waals surface area contributed by atoms with Crippen LogP contribution in [0.15, 0.2) is 54.0 Å². The summed E-state index contributed by atoms with van der Waals surface area (Å²) >= 11 is 1.80. The minimum Gasteiger partial charge on any atom is -0.381 e. The smallest absolute Gasteiger partial charge is 0.0651 e. The average Bonchev–Trinajstić information content (AvgIpc) is 3.11. The molecule has 4 aromatic rings. The molecule has 0 aliphatic carbocycles. The van der Waals surface area contributed by atoms with Crippen molar-refractivity contribution in [3.05, 3.63) is 59.6 Å². The first kappa shape index (κ1) is 11.5. The van der Waals surface area contributed by atoms with Crippen molar-refractivity contribution in [3.8, 4) is 0 Å². The van der Waals surface area contributed by atoms with E-state index in [4.69, 9.17) is 0 Å². The van der Waals surface area contributed by atoms with Crippen molar-refractivity contribution < 1.29 is 0 Å². The van der Waals surface area contributed by atoms with E-state index in [2.05, 4.69) is 63.4 Å². The summed E-state index contributed by atoms with van der Waals surface area (Å²) in [4.78, 5) is 0. The lowest BCUT2D eigenvalue weighted by Gasteiger charge is -2.05. The van der Waals surface area contributed by atoms with Gasteiger partial charge in [0, 0.05) is 22.3 Å². The van der Waals surface area contributed by atoms with Gasteiger partial charge in [-0.15, -0.1) is 11.3 Å². The Hall–Kier alpha value is -2.33. The molecule has 0 unspecified atom stereocenters. The molecule has 0 saturated carbocycles. The molecule has 2 aromatic carbocycles. The van der Waals surface area contributed by atoms with Crippen LogP contribution in [0, 0.1) is 0 Å². The van der Waals surface area contributed by atoms with Crippen molar-refractivity contribution in [2.24, 2.45) is 0 Å². The van der Waals surface area contributed by atoms with Crippen LogP contribution in [0.25, 0.3) is 21.0 Å². The number of H-pyrrole nitrogens is 1. The van der Waals surface area contributed by atoms with Gasteiger partial charge < -0.3 is 5.32 Å². The first-order chi connectivity index (χ1) is 9.90. The molecule has 0 aliphatic heterocycles. The molecule has 0 bridgehead atoms. The predicted octanol–water partition coefficient (Wildman–Crippen LogP) is 4.39. The number of nitrogens with one attached hydrogen (secondary N) is 2. The molecule has 2 heterocycles. The second kappa shape index (κ2) is 4.65. The third-order valence-electron chi connectivity index (χ3n) is 3.48. The maximum absolute atomic E-state index is 4.04. The normalized spacial score (nSPS) is 11.2. The molecule has 0 saturated heterocycles. The highest BCUT2D eigenvalue weighted by Crippen LogP contribution is 2.26. The molecule has 4 rings (SSSR count). The van der Waals surface area contributed by atoms with Gasteiger partial charge >= 0.3 is 0 Å². The Balaban J connectivity index is 1.60. The number of aromatic amines is 1. The number of hydrogen-bond donors (Lipinski definition) is 2. The quantitative estimate of drug-likeness (QED) is 0.584. The summed E-state index contributed by atoms with van der Waals surface area (Å²) < 4.78 is 1.34. The van der Waals surface area contributed by atoms with E-state index in [0.29, 0.717) is 0 Å². The van der Waals surface area contributed by atoms with Crippen LogP contribution in [0.2, 0.25) is 0 Å². The maximum Gasteiger partial charge on any atom is 0.0651 e. The lowest BCUT2D eigenvalue weighted by atomic mass is 10.1. The summed E-state index contributed by atoms with van der Waals surface area (Å²) in [5.41, 5.74) is 3.53. The first-order valence-corrected chi connectivity index (χ1v) is 7.40. The van der Waals surface area contributed by atoms with Crippen molar-refractivity contribution in [2.45, 2.75) is 6.54 Å². The van der Waals surface area contributed by atoms with Crippen LogP contribution in [0.4, 0.5) is 5.69 Å². The van der Waals surface area contributed by atoms with Gasteiger partial charge in [0.2, 0.25) is 0 Å². The highest BCUT2D eigenvalue weighted by molar-refractivity contribution is 7.17. The van der Waals surface area contributed by atoms with E-state index >= 15 is 0 Å². The highest BCUT2D eigenvalue weighted by atomic mass is 32.1. The number of fused-ring (bicyclic) bond motifs is 2. The Morgan fingerprint density at radius 2 is 2.10 bits per heavy atom. The van der Waals surface area contributed by atoms with Gasteiger partial charge in [0.25, 0.3) is 0 Å². The highest BCUT2D eigenvalue weighted by Gasteiger charge is 2.03. The summed E-state index contributed by atoms with van der Waals surface area (Å²) in [6.45, 7) is 0.841. The Bertz CT molecular complexity index is 875. The molecule has 0 aliphatic rings. The lowest BCUT2D eigenvalue weighted by Crippen LogP contribution is -1.98. The first-order valence-electron chi connectivity index (χ1n) is 6.52. The largest absolute Gasteiger partial charge is 0.381 e. The Labute approximate surface area is 120 Å². The fraction of sp³-hybridized carbons (Fsp3) is 0.0625. The molecule has 0 amide bonds. The number of nitrogens with zero attached hydrogens (tertiary/aromatic N) is 1. The SMILES string of the molecule is c1ccc2c(CNc3ccc4[nH]ncc4c3)csc2c1. The van der Waals surface area contributed by atoms with Gasteiger partial charge in [-0.25, -0.2) is 0 Å². The number of rotatable bonds is 3. The maximum atomic E-state index is 4.04. The van der Waals surface area contributed by atoms with Crippen molar-refractivity contribution in [1.82, 2.24) is 10.2 Å². The van der Waals surface area contributed by atoms with E-state index in [0.717, 1.165) is 23.1 Å². The van der Waals surface area contributed by atoms with Gasteiger partial charge in [-0.05, 0) is 40.6 Å². The average molecular weight is 279 g/mol. The molecule has 98 valence electrons. The van der Waals surface area contributed by atoms with Gasteiger partial charge in [0.15, 0.2) is 0 Å². The molecule has 0 fully saturated rings. The zero-order valence-corrected chi connectivity index (χ0v) is 11.6. The lowest BCUT2D eigenvalue weighted by molar-refractivity contribution is 1.12. The zero-order valence-electron chi connectivity index (χ0n) is 10.8. The van der Waals surface area contributed by atoms with E-state index < -0.39 is 0 Å². The molecule has 2 aromatic heterocycles. The van der Waals surface area contributed by atoms with Gasteiger partial charge in [-0.2, -0.15) is 5.10 Å². The Morgan fingerprint density at radius 1 is 1.15 bits per heavy atom. The number of aromatic nitrogens is 2. The zero-order chi connectivity index (χ0) is 13.4. The third-order valence-corrected chi connectivity index (χ3v) is 4.50. The van der Waals surface area contributed by atoms with Crippen molar-refractivity contribution in [1.29, 1.82) is 0 Å². The molecule has 0 radical (unpaired) electrons. The summed E-state index contributed by atoms with van der Waals surface area (Å²) in [7, 11) is 0. The molecule has 3 nitrogen and oxygen atoms in total. The predicted molar refractivity (Wildman–Crippen MR) is 85.2 cm³/mol. The van der Waals surface area contributed by atoms with E-state index in [1.165, 1.54) is 15.6 Å². The Kier molecular flexibility index (Phi) is 2.67. The van der Waals surface area contributed by atoms with Crippen LogP contribution in [0.5, 0.6) is 0 Å². The van der Waals surface area contributed by atoms with Crippen LogP contribution in [-0.4, -0.2) is 10.2 Å². The minimum absolute atomic E-state index is 0.841. The number of thiophene rings is 1. The minimum atomic E-state index is 0.841. The summed E-state index contributed by atoms with van der Waals surface area (Å²) in [6, 6.07) is 14.8. The van der Waals surface area contributed by atoms with Crippen LogP contribution in [-0.2, 0) is 6.54 Å².